The molecular formula is C12H14BrClN2O2. The minimum Gasteiger partial charge on any atom is -0.481 e. The Morgan fingerprint density at radius 1 is 1.44 bits per heavy atom. The molecule has 1 heterocycles. The highest BCUT2D eigenvalue weighted by Gasteiger charge is 2.26. The third kappa shape index (κ3) is 3.36. The first-order chi connectivity index (χ1) is 8.56. The molecule has 1 aliphatic carbocycles. The molecule has 1 aromatic rings. The summed E-state index contributed by atoms with van der Waals surface area (Å²) >= 11 is 9.23. The van der Waals surface area contributed by atoms with Gasteiger partial charge < -0.3 is 10.4 Å². The number of halogens is 2. The van der Waals surface area contributed by atoms with Gasteiger partial charge in [-0.2, -0.15) is 0 Å². The van der Waals surface area contributed by atoms with E-state index in [4.69, 9.17) is 16.7 Å². The summed E-state index contributed by atoms with van der Waals surface area (Å²) in [5.74, 6) is -0.109. The molecule has 0 atom stereocenters. The van der Waals surface area contributed by atoms with Gasteiger partial charge in [-0.25, -0.2) is 4.98 Å². The number of hydrogen-bond donors (Lipinski definition) is 2. The van der Waals surface area contributed by atoms with E-state index in [9.17, 15) is 4.79 Å². The van der Waals surface area contributed by atoms with E-state index in [0.29, 0.717) is 5.02 Å². The maximum absolute atomic E-state index is 10.9. The fraction of sp³-hybridized carbons (Fsp3) is 0.500. The highest BCUT2D eigenvalue weighted by molar-refractivity contribution is 9.10. The molecule has 1 fully saturated rings. The van der Waals surface area contributed by atoms with Gasteiger partial charge in [0.15, 0.2) is 0 Å². The Balaban J connectivity index is 1.93. The number of anilines is 1. The summed E-state index contributed by atoms with van der Waals surface area (Å²) in [6, 6.07) is 2.07. The number of nitrogens with one attached hydrogen (secondary N) is 1. The van der Waals surface area contributed by atoms with E-state index in [0.717, 1.165) is 36.0 Å². The van der Waals surface area contributed by atoms with Crippen LogP contribution in [0.4, 0.5) is 5.82 Å². The number of carboxylic acids is 1. The minimum atomic E-state index is -0.681. The third-order valence-corrected chi connectivity index (χ3v) is 4.04. The molecule has 18 heavy (non-hydrogen) atoms. The number of rotatable bonds is 3. The Bertz CT molecular complexity index is 448. The summed E-state index contributed by atoms with van der Waals surface area (Å²) in [7, 11) is 0. The molecular weight excluding hydrogens is 320 g/mol. The van der Waals surface area contributed by atoms with Gasteiger partial charge in [0.05, 0.1) is 15.4 Å². The standard InChI is InChI=1S/C12H14BrClN2O2/c13-10-5-8(14)6-15-11(10)16-9-3-1-7(2-4-9)12(17)18/h5-7,9H,1-4H2,(H,15,16)(H,17,18). The van der Waals surface area contributed by atoms with Gasteiger partial charge in [-0.15, -0.1) is 0 Å². The van der Waals surface area contributed by atoms with Crippen LogP contribution in [0.3, 0.4) is 0 Å². The normalized spacial score (nSPS) is 23.7. The van der Waals surface area contributed by atoms with Crippen LogP contribution in [0, 0.1) is 5.92 Å². The van der Waals surface area contributed by atoms with Crippen LogP contribution in [0.2, 0.25) is 5.02 Å². The van der Waals surface area contributed by atoms with Crippen molar-refractivity contribution in [3.8, 4) is 0 Å². The second-order valence-corrected chi connectivity index (χ2v) is 5.81. The van der Waals surface area contributed by atoms with E-state index in [2.05, 4.69) is 26.2 Å². The Hall–Kier alpha value is -0.810. The second kappa shape index (κ2) is 5.89. The van der Waals surface area contributed by atoms with Crippen molar-refractivity contribution in [3.63, 3.8) is 0 Å². The SMILES string of the molecule is O=C(O)C1CCC(Nc2ncc(Cl)cc2Br)CC1. The van der Waals surface area contributed by atoms with Crippen LogP contribution >= 0.6 is 27.5 Å². The number of pyridine rings is 1. The van der Waals surface area contributed by atoms with Gasteiger partial charge in [0, 0.05) is 12.2 Å². The molecule has 2 N–H and O–H groups in total. The van der Waals surface area contributed by atoms with Crippen molar-refractivity contribution in [1.82, 2.24) is 4.98 Å². The highest BCUT2D eigenvalue weighted by atomic mass is 79.9. The van der Waals surface area contributed by atoms with Gasteiger partial charge in [0.1, 0.15) is 5.82 Å². The molecule has 0 radical (unpaired) electrons. The molecule has 6 heteroatoms. The average Bonchev–Trinajstić information content (AvgIpc) is 2.33. The van der Waals surface area contributed by atoms with Crippen LogP contribution < -0.4 is 5.32 Å². The molecule has 0 spiro atoms. The molecule has 0 bridgehead atoms. The van der Waals surface area contributed by atoms with Gasteiger partial charge >= 0.3 is 5.97 Å². The van der Waals surface area contributed by atoms with Gasteiger partial charge in [-0.05, 0) is 47.7 Å². The highest BCUT2D eigenvalue weighted by Crippen LogP contribution is 2.29. The number of hydrogen-bond acceptors (Lipinski definition) is 3. The van der Waals surface area contributed by atoms with E-state index in [1.165, 1.54) is 0 Å². The monoisotopic (exact) mass is 332 g/mol. The van der Waals surface area contributed by atoms with E-state index in [1.54, 1.807) is 12.3 Å². The largest absolute Gasteiger partial charge is 0.481 e. The molecule has 0 aliphatic heterocycles. The van der Waals surface area contributed by atoms with Crippen LogP contribution in [0.15, 0.2) is 16.7 Å². The average molecular weight is 334 g/mol. The maximum atomic E-state index is 10.9. The van der Waals surface area contributed by atoms with E-state index in [-0.39, 0.29) is 12.0 Å². The van der Waals surface area contributed by atoms with Crippen molar-refractivity contribution >= 4 is 39.3 Å². The molecule has 0 amide bonds. The van der Waals surface area contributed by atoms with Gasteiger partial charge in [0.2, 0.25) is 0 Å². The molecule has 0 aromatic carbocycles. The second-order valence-electron chi connectivity index (χ2n) is 4.52. The molecule has 0 unspecified atom stereocenters. The molecule has 1 saturated carbocycles. The van der Waals surface area contributed by atoms with Crippen LogP contribution in [0.1, 0.15) is 25.7 Å². The lowest BCUT2D eigenvalue weighted by Gasteiger charge is -2.27. The summed E-state index contributed by atoms with van der Waals surface area (Å²) in [5.41, 5.74) is 0. The van der Waals surface area contributed by atoms with Crippen molar-refractivity contribution in [2.45, 2.75) is 31.7 Å². The lowest BCUT2D eigenvalue weighted by atomic mass is 9.86. The van der Waals surface area contributed by atoms with Crippen LogP contribution in [0.25, 0.3) is 0 Å². The number of aromatic nitrogens is 1. The molecule has 2 rings (SSSR count). The van der Waals surface area contributed by atoms with E-state index in [1.807, 2.05) is 0 Å². The molecule has 1 aromatic heterocycles. The van der Waals surface area contributed by atoms with Crippen molar-refractivity contribution in [1.29, 1.82) is 0 Å². The molecule has 0 saturated heterocycles. The number of carboxylic acid groups (broad SMARTS) is 1. The smallest absolute Gasteiger partial charge is 0.306 e. The maximum Gasteiger partial charge on any atom is 0.306 e. The summed E-state index contributed by atoms with van der Waals surface area (Å²) < 4.78 is 0.829. The van der Waals surface area contributed by atoms with Crippen molar-refractivity contribution < 1.29 is 9.90 Å². The van der Waals surface area contributed by atoms with Crippen molar-refractivity contribution in [3.05, 3.63) is 21.8 Å². The number of nitrogens with zero attached hydrogens (tertiary/aromatic N) is 1. The fourth-order valence-electron chi connectivity index (χ4n) is 2.20. The lowest BCUT2D eigenvalue weighted by molar-refractivity contribution is -0.142. The lowest BCUT2D eigenvalue weighted by Crippen LogP contribution is -2.29. The summed E-state index contributed by atoms with van der Waals surface area (Å²) in [4.78, 5) is 15.1. The first-order valence-electron chi connectivity index (χ1n) is 5.86. The Kier molecular flexibility index (Phi) is 4.45. The number of aliphatic carboxylic acids is 1. The van der Waals surface area contributed by atoms with Gasteiger partial charge in [-0.3, -0.25) is 4.79 Å². The van der Waals surface area contributed by atoms with Gasteiger partial charge in [-0.1, -0.05) is 11.6 Å². The quantitative estimate of drug-likeness (QED) is 0.888. The topological polar surface area (TPSA) is 62.2 Å². The fourth-order valence-corrected chi connectivity index (χ4v) is 2.95. The van der Waals surface area contributed by atoms with Crippen LogP contribution in [0.5, 0.6) is 0 Å². The summed E-state index contributed by atoms with van der Waals surface area (Å²) in [5, 5.41) is 12.8. The predicted octanol–water partition coefficient (Wildman–Crippen LogP) is 3.55. The summed E-state index contributed by atoms with van der Waals surface area (Å²) in [6.45, 7) is 0. The Morgan fingerprint density at radius 3 is 2.67 bits per heavy atom. The number of carbonyl (C=O) groups is 1. The van der Waals surface area contributed by atoms with Crippen LogP contribution in [-0.2, 0) is 4.79 Å². The molecule has 4 nitrogen and oxygen atoms in total. The molecule has 98 valence electrons. The Labute approximate surface area is 119 Å². The first kappa shape index (κ1) is 13.6. The summed E-state index contributed by atoms with van der Waals surface area (Å²) in [6.07, 6.45) is 4.75. The third-order valence-electron chi connectivity index (χ3n) is 3.23. The molecule has 1 aliphatic rings. The zero-order valence-electron chi connectivity index (χ0n) is 9.70. The van der Waals surface area contributed by atoms with E-state index < -0.39 is 5.97 Å². The van der Waals surface area contributed by atoms with Crippen molar-refractivity contribution in [2.24, 2.45) is 5.92 Å². The zero-order valence-corrected chi connectivity index (χ0v) is 12.0. The zero-order chi connectivity index (χ0) is 13.1. The first-order valence-corrected chi connectivity index (χ1v) is 7.03. The predicted molar refractivity (Wildman–Crippen MR) is 74.0 cm³/mol. The van der Waals surface area contributed by atoms with Gasteiger partial charge in [0.25, 0.3) is 0 Å². The van der Waals surface area contributed by atoms with Crippen LogP contribution in [-0.4, -0.2) is 22.1 Å². The Morgan fingerprint density at radius 2 is 2.11 bits per heavy atom. The minimum absolute atomic E-state index is 0.190. The van der Waals surface area contributed by atoms with Crippen molar-refractivity contribution in [2.75, 3.05) is 5.32 Å². The van der Waals surface area contributed by atoms with E-state index >= 15 is 0 Å².